The van der Waals surface area contributed by atoms with Crippen LogP contribution in [0, 0.1) is 0 Å². The van der Waals surface area contributed by atoms with Gasteiger partial charge in [0.05, 0.1) is 19.8 Å². The molecule has 1 saturated heterocycles. The van der Waals surface area contributed by atoms with Crippen LogP contribution in [-0.2, 0) is 24.1 Å². The monoisotopic (exact) mass is 414 g/mol. The van der Waals surface area contributed by atoms with Crippen LogP contribution < -0.4 is 15.4 Å². The molecule has 2 heterocycles. The lowest BCUT2D eigenvalue weighted by Crippen LogP contribution is -2.40. The topological polar surface area (TPSA) is 85.6 Å². The summed E-state index contributed by atoms with van der Waals surface area (Å²) in [7, 11) is 1.71. The number of hydrogen-bond donors (Lipinski definition) is 2. The van der Waals surface area contributed by atoms with E-state index in [1.54, 1.807) is 13.4 Å². The fraction of sp³-hybridized carbons (Fsp3) is 0.591. The Morgan fingerprint density at radius 3 is 2.93 bits per heavy atom. The molecule has 0 saturated carbocycles. The van der Waals surface area contributed by atoms with Crippen molar-refractivity contribution in [1.29, 1.82) is 0 Å². The highest BCUT2D eigenvalue weighted by atomic mass is 16.5. The van der Waals surface area contributed by atoms with Crippen molar-refractivity contribution in [1.82, 2.24) is 25.4 Å². The lowest BCUT2D eigenvalue weighted by molar-refractivity contribution is 0.0224. The van der Waals surface area contributed by atoms with Gasteiger partial charge in [-0.05, 0) is 37.3 Å². The average molecular weight is 415 g/mol. The minimum Gasteiger partial charge on any atom is -0.496 e. The van der Waals surface area contributed by atoms with E-state index in [0.29, 0.717) is 6.54 Å². The fourth-order valence-corrected chi connectivity index (χ4v) is 3.58. The maximum absolute atomic E-state index is 5.83. The number of aliphatic imine (C=N–C) groups is 1. The Hall–Kier alpha value is -2.61. The lowest BCUT2D eigenvalue weighted by Gasteiger charge is -2.21. The van der Waals surface area contributed by atoms with E-state index in [4.69, 9.17) is 14.5 Å². The van der Waals surface area contributed by atoms with Gasteiger partial charge in [-0.15, -0.1) is 10.2 Å². The van der Waals surface area contributed by atoms with Crippen molar-refractivity contribution in [2.24, 2.45) is 4.99 Å². The highest BCUT2D eigenvalue weighted by molar-refractivity contribution is 5.79. The molecule has 8 nitrogen and oxygen atoms in total. The number of rotatable bonds is 10. The zero-order chi connectivity index (χ0) is 21.0. The van der Waals surface area contributed by atoms with Crippen molar-refractivity contribution in [2.75, 3.05) is 33.4 Å². The fourth-order valence-electron chi connectivity index (χ4n) is 3.58. The Bertz CT molecular complexity index is 785. The first-order valence-electron chi connectivity index (χ1n) is 10.9. The number of para-hydroxylation sites is 1. The van der Waals surface area contributed by atoms with Gasteiger partial charge in [-0.1, -0.05) is 25.1 Å². The number of nitrogens with one attached hydrogen (secondary N) is 2. The molecule has 1 atom stereocenters. The predicted octanol–water partition coefficient (Wildman–Crippen LogP) is 2.20. The molecule has 1 aliphatic heterocycles. The summed E-state index contributed by atoms with van der Waals surface area (Å²) in [5.74, 6) is 2.72. The van der Waals surface area contributed by atoms with Crippen LogP contribution in [0.2, 0.25) is 0 Å². The summed E-state index contributed by atoms with van der Waals surface area (Å²) in [6, 6.07) is 8.12. The molecule has 1 aromatic heterocycles. The summed E-state index contributed by atoms with van der Waals surface area (Å²) in [4.78, 5) is 4.78. The van der Waals surface area contributed by atoms with Crippen molar-refractivity contribution in [3.63, 3.8) is 0 Å². The zero-order valence-corrected chi connectivity index (χ0v) is 18.1. The molecule has 0 amide bonds. The molecule has 1 aliphatic rings. The summed E-state index contributed by atoms with van der Waals surface area (Å²) in [5, 5.41) is 15.0. The van der Waals surface area contributed by atoms with Crippen LogP contribution in [0.4, 0.5) is 0 Å². The molecule has 3 rings (SSSR count). The third-order valence-corrected chi connectivity index (χ3v) is 5.26. The first-order valence-corrected chi connectivity index (χ1v) is 10.9. The van der Waals surface area contributed by atoms with Gasteiger partial charge in [0.15, 0.2) is 5.96 Å². The molecule has 1 fully saturated rings. The van der Waals surface area contributed by atoms with Crippen LogP contribution in [0.3, 0.4) is 0 Å². The molecule has 2 aromatic rings. The summed E-state index contributed by atoms with van der Waals surface area (Å²) in [6.07, 6.45) is 7.18. The van der Waals surface area contributed by atoms with E-state index in [-0.39, 0.29) is 6.10 Å². The molecule has 0 bridgehead atoms. The maximum atomic E-state index is 5.83. The molecule has 1 aromatic carbocycles. The molecule has 30 heavy (non-hydrogen) atoms. The Labute approximate surface area is 179 Å². The van der Waals surface area contributed by atoms with Crippen LogP contribution in [-0.4, -0.2) is 60.2 Å². The number of methoxy groups -OCH3 is 1. The Morgan fingerprint density at radius 1 is 1.27 bits per heavy atom. The van der Waals surface area contributed by atoms with Gasteiger partial charge in [0, 0.05) is 32.7 Å². The van der Waals surface area contributed by atoms with Gasteiger partial charge >= 0.3 is 0 Å². The number of nitrogens with zero attached hydrogens (tertiary/aromatic N) is 4. The normalized spacial score (nSPS) is 17.0. The van der Waals surface area contributed by atoms with Crippen molar-refractivity contribution in [3.8, 4) is 5.75 Å². The quantitative estimate of drug-likeness (QED) is 0.458. The minimum atomic E-state index is 0.219. The van der Waals surface area contributed by atoms with Crippen LogP contribution >= 0.6 is 0 Å². The molecule has 1 unspecified atom stereocenters. The molecule has 0 aliphatic carbocycles. The first kappa shape index (κ1) is 22.1. The number of ether oxygens (including phenoxy) is 2. The molecular formula is C22H34N6O2. The minimum absolute atomic E-state index is 0.219. The summed E-state index contributed by atoms with van der Waals surface area (Å²) in [5.41, 5.74) is 1.18. The van der Waals surface area contributed by atoms with E-state index >= 15 is 0 Å². The molecule has 2 N–H and O–H groups in total. The predicted molar refractivity (Wildman–Crippen MR) is 118 cm³/mol. The highest BCUT2D eigenvalue weighted by Gasteiger charge is 2.13. The van der Waals surface area contributed by atoms with E-state index in [0.717, 1.165) is 69.5 Å². The Balaban J connectivity index is 1.54. The smallest absolute Gasteiger partial charge is 0.191 e. The zero-order valence-electron chi connectivity index (χ0n) is 18.1. The third-order valence-electron chi connectivity index (χ3n) is 5.26. The molecule has 0 spiro atoms. The summed E-state index contributed by atoms with van der Waals surface area (Å²) in [6.45, 7) is 5.92. The van der Waals surface area contributed by atoms with E-state index < -0.39 is 0 Å². The number of hydrogen-bond acceptors (Lipinski definition) is 5. The SMILES string of the molecule is CCc1nncn1CCNC(=NCC1CCCCO1)NCCc1ccccc1OC. The van der Waals surface area contributed by atoms with Gasteiger partial charge in [-0.2, -0.15) is 0 Å². The van der Waals surface area contributed by atoms with Crippen molar-refractivity contribution < 1.29 is 9.47 Å². The number of benzene rings is 1. The van der Waals surface area contributed by atoms with Gasteiger partial charge in [0.2, 0.25) is 0 Å². The van der Waals surface area contributed by atoms with Crippen molar-refractivity contribution in [3.05, 3.63) is 42.0 Å². The molecule has 164 valence electrons. The van der Waals surface area contributed by atoms with Crippen LogP contribution in [0.15, 0.2) is 35.6 Å². The standard InChI is InChI=1S/C22H34N6O2/c1-3-21-27-26-17-28(21)14-13-24-22(25-16-19-9-6-7-15-30-19)23-12-11-18-8-4-5-10-20(18)29-2/h4-5,8,10,17,19H,3,6-7,9,11-16H2,1-2H3,(H2,23,24,25). The van der Waals surface area contributed by atoms with E-state index in [9.17, 15) is 0 Å². The van der Waals surface area contributed by atoms with Crippen LogP contribution in [0.5, 0.6) is 5.75 Å². The van der Waals surface area contributed by atoms with Gasteiger partial charge in [-0.25, -0.2) is 0 Å². The van der Waals surface area contributed by atoms with E-state index in [2.05, 4.69) is 38.4 Å². The second kappa shape index (κ2) is 12.2. The summed E-state index contributed by atoms with van der Waals surface area (Å²) >= 11 is 0. The van der Waals surface area contributed by atoms with Gasteiger partial charge < -0.3 is 24.7 Å². The van der Waals surface area contributed by atoms with E-state index in [1.807, 2.05) is 18.2 Å². The highest BCUT2D eigenvalue weighted by Crippen LogP contribution is 2.17. The maximum Gasteiger partial charge on any atom is 0.191 e. The van der Waals surface area contributed by atoms with Crippen LogP contribution in [0.25, 0.3) is 0 Å². The van der Waals surface area contributed by atoms with Gasteiger partial charge in [0.1, 0.15) is 17.9 Å². The Kier molecular flexibility index (Phi) is 8.96. The van der Waals surface area contributed by atoms with Crippen LogP contribution in [0.1, 0.15) is 37.6 Å². The van der Waals surface area contributed by atoms with Gasteiger partial charge in [0.25, 0.3) is 0 Å². The number of guanidine groups is 1. The summed E-state index contributed by atoms with van der Waals surface area (Å²) < 4.78 is 13.4. The van der Waals surface area contributed by atoms with Crippen molar-refractivity contribution >= 4 is 5.96 Å². The molecule has 0 radical (unpaired) electrons. The average Bonchev–Trinajstić information content (AvgIpc) is 3.25. The molecular weight excluding hydrogens is 380 g/mol. The molecule has 8 heteroatoms. The second-order valence-corrected chi connectivity index (χ2v) is 7.39. The van der Waals surface area contributed by atoms with Gasteiger partial charge in [-0.3, -0.25) is 4.99 Å². The first-order chi connectivity index (χ1) is 14.8. The second-order valence-electron chi connectivity index (χ2n) is 7.39. The van der Waals surface area contributed by atoms with Crippen molar-refractivity contribution in [2.45, 2.75) is 51.7 Å². The van der Waals surface area contributed by atoms with E-state index in [1.165, 1.54) is 12.0 Å². The number of aryl methyl sites for hydroxylation is 1. The number of aromatic nitrogens is 3. The Morgan fingerprint density at radius 2 is 2.13 bits per heavy atom. The lowest BCUT2D eigenvalue weighted by atomic mass is 10.1. The largest absolute Gasteiger partial charge is 0.496 e. The third kappa shape index (κ3) is 6.73.